The molecule has 0 saturated carbocycles. The van der Waals surface area contributed by atoms with Gasteiger partial charge in [0.05, 0.1) is 16.1 Å². The predicted octanol–water partition coefficient (Wildman–Crippen LogP) is 4.44. The molecule has 3 aromatic carbocycles. The van der Waals surface area contributed by atoms with Gasteiger partial charge in [-0.25, -0.2) is 12.8 Å². The van der Waals surface area contributed by atoms with Crippen LogP contribution in [0.25, 0.3) is 0 Å². The summed E-state index contributed by atoms with van der Waals surface area (Å²) in [7, 11) is -3.97. The first-order valence-electron chi connectivity index (χ1n) is 8.67. The van der Waals surface area contributed by atoms with Crippen LogP contribution in [0.1, 0.15) is 22.8 Å². The fraction of sp³-hybridized carbons (Fsp3) is 0.0952. The van der Waals surface area contributed by atoms with Gasteiger partial charge in [0, 0.05) is 5.69 Å². The number of carbonyl (C=O) groups excluding carboxylic acids is 1. The summed E-state index contributed by atoms with van der Waals surface area (Å²) in [5.41, 5.74) is 1.96. The van der Waals surface area contributed by atoms with E-state index in [0.29, 0.717) is 5.69 Å². The van der Waals surface area contributed by atoms with E-state index in [1.54, 1.807) is 18.2 Å². The van der Waals surface area contributed by atoms with Gasteiger partial charge in [-0.3, -0.25) is 9.52 Å². The molecule has 5 nitrogen and oxygen atoms in total. The summed E-state index contributed by atoms with van der Waals surface area (Å²) in [4.78, 5) is 12.7. The molecule has 28 heavy (non-hydrogen) atoms. The maximum absolute atomic E-state index is 13.1. The van der Waals surface area contributed by atoms with Gasteiger partial charge in [0.15, 0.2) is 0 Å². The summed E-state index contributed by atoms with van der Waals surface area (Å²) in [5.74, 6) is -0.966. The van der Waals surface area contributed by atoms with Crippen molar-refractivity contribution >= 4 is 27.3 Å². The topological polar surface area (TPSA) is 75.3 Å². The lowest BCUT2D eigenvalue weighted by Gasteiger charge is -2.14. The van der Waals surface area contributed by atoms with Gasteiger partial charge in [-0.05, 0) is 54.4 Å². The quantitative estimate of drug-likeness (QED) is 0.645. The number of aryl methyl sites for hydroxylation is 1. The Morgan fingerprint density at radius 3 is 2.18 bits per heavy atom. The Balaban J connectivity index is 1.88. The molecular weight excluding hydrogens is 379 g/mol. The number of para-hydroxylation sites is 2. The van der Waals surface area contributed by atoms with E-state index < -0.39 is 21.7 Å². The van der Waals surface area contributed by atoms with Crippen LogP contribution in [0.4, 0.5) is 15.8 Å². The molecule has 1 amide bonds. The fourth-order valence-corrected chi connectivity index (χ4v) is 3.81. The maximum Gasteiger partial charge on any atom is 0.261 e. The molecule has 0 aliphatic heterocycles. The second-order valence-electron chi connectivity index (χ2n) is 6.07. The van der Waals surface area contributed by atoms with E-state index >= 15 is 0 Å². The minimum atomic E-state index is -3.97. The van der Waals surface area contributed by atoms with Crippen LogP contribution in [0, 0.1) is 5.82 Å². The van der Waals surface area contributed by atoms with Crippen LogP contribution >= 0.6 is 0 Å². The Morgan fingerprint density at radius 1 is 0.893 bits per heavy atom. The van der Waals surface area contributed by atoms with Gasteiger partial charge in [-0.2, -0.15) is 0 Å². The van der Waals surface area contributed by atoms with Gasteiger partial charge < -0.3 is 5.32 Å². The van der Waals surface area contributed by atoms with Gasteiger partial charge in [0.2, 0.25) is 0 Å². The van der Waals surface area contributed by atoms with Crippen molar-refractivity contribution in [3.8, 4) is 0 Å². The number of rotatable bonds is 6. The maximum atomic E-state index is 13.1. The van der Waals surface area contributed by atoms with E-state index in [4.69, 9.17) is 0 Å². The van der Waals surface area contributed by atoms with E-state index in [1.165, 1.54) is 12.1 Å². The number of sulfonamides is 1. The minimum absolute atomic E-state index is 0.0968. The van der Waals surface area contributed by atoms with Crippen molar-refractivity contribution < 1.29 is 17.6 Å². The molecule has 0 aromatic heterocycles. The first-order valence-corrected chi connectivity index (χ1v) is 10.2. The molecule has 3 aromatic rings. The minimum Gasteiger partial charge on any atom is -0.322 e. The third-order valence-electron chi connectivity index (χ3n) is 4.19. The van der Waals surface area contributed by atoms with E-state index in [0.717, 1.165) is 36.2 Å². The zero-order valence-electron chi connectivity index (χ0n) is 15.1. The molecule has 0 saturated heterocycles. The largest absolute Gasteiger partial charge is 0.322 e. The third kappa shape index (κ3) is 4.37. The van der Waals surface area contributed by atoms with Crippen molar-refractivity contribution in [2.45, 2.75) is 18.2 Å². The molecular formula is C21H19FN2O3S. The molecule has 0 aliphatic rings. The summed E-state index contributed by atoms with van der Waals surface area (Å²) in [6.07, 6.45) is 0.745. The highest BCUT2D eigenvalue weighted by atomic mass is 32.2. The molecule has 0 bridgehead atoms. The van der Waals surface area contributed by atoms with Crippen LogP contribution in [0.15, 0.2) is 77.7 Å². The van der Waals surface area contributed by atoms with Crippen molar-refractivity contribution in [2.75, 3.05) is 10.0 Å². The number of anilines is 2. The highest BCUT2D eigenvalue weighted by Gasteiger charge is 2.19. The van der Waals surface area contributed by atoms with Crippen molar-refractivity contribution in [3.05, 3.63) is 89.7 Å². The van der Waals surface area contributed by atoms with Crippen LogP contribution in [-0.4, -0.2) is 14.3 Å². The van der Waals surface area contributed by atoms with Crippen molar-refractivity contribution in [1.29, 1.82) is 0 Å². The number of hydrogen-bond donors (Lipinski definition) is 2. The SMILES string of the molecule is CCc1ccccc1NC(=O)c1ccccc1NS(=O)(=O)c1ccc(F)cc1. The Bertz CT molecular complexity index is 1100. The zero-order chi connectivity index (χ0) is 20.1. The number of nitrogens with one attached hydrogen (secondary N) is 2. The number of hydrogen-bond acceptors (Lipinski definition) is 3. The molecule has 0 atom stereocenters. The first kappa shape index (κ1) is 19.6. The predicted molar refractivity (Wildman–Crippen MR) is 107 cm³/mol. The van der Waals surface area contributed by atoms with E-state index in [1.807, 2.05) is 25.1 Å². The zero-order valence-corrected chi connectivity index (χ0v) is 16.0. The molecule has 0 fully saturated rings. The van der Waals surface area contributed by atoms with Gasteiger partial charge in [-0.1, -0.05) is 37.3 Å². The van der Waals surface area contributed by atoms with E-state index in [2.05, 4.69) is 10.0 Å². The Hall–Kier alpha value is -3.19. The van der Waals surface area contributed by atoms with Crippen LogP contribution < -0.4 is 10.0 Å². The van der Waals surface area contributed by atoms with Crippen LogP contribution in [0.5, 0.6) is 0 Å². The number of benzene rings is 3. The van der Waals surface area contributed by atoms with E-state index in [-0.39, 0.29) is 16.1 Å². The Labute approximate surface area is 163 Å². The molecule has 144 valence electrons. The van der Waals surface area contributed by atoms with Crippen molar-refractivity contribution in [2.24, 2.45) is 0 Å². The summed E-state index contributed by atoms with van der Waals surface area (Å²) in [6, 6.07) is 18.2. The number of amides is 1. The average Bonchev–Trinajstić information content (AvgIpc) is 2.69. The van der Waals surface area contributed by atoms with E-state index in [9.17, 15) is 17.6 Å². The Kier molecular flexibility index (Phi) is 5.75. The lowest BCUT2D eigenvalue weighted by atomic mass is 10.1. The lowest BCUT2D eigenvalue weighted by Crippen LogP contribution is -2.19. The molecule has 0 radical (unpaired) electrons. The average molecular weight is 398 g/mol. The van der Waals surface area contributed by atoms with Gasteiger partial charge in [-0.15, -0.1) is 0 Å². The third-order valence-corrected chi connectivity index (χ3v) is 5.57. The van der Waals surface area contributed by atoms with Crippen molar-refractivity contribution in [1.82, 2.24) is 0 Å². The molecule has 2 N–H and O–H groups in total. The molecule has 7 heteroatoms. The molecule has 0 aliphatic carbocycles. The molecule has 0 unspecified atom stereocenters. The standard InChI is InChI=1S/C21H19FN2O3S/c1-2-15-7-3-5-9-19(15)23-21(25)18-8-4-6-10-20(18)24-28(26,27)17-13-11-16(22)12-14-17/h3-14,24H,2H2,1H3,(H,23,25). The lowest BCUT2D eigenvalue weighted by molar-refractivity contribution is 0.102. The Morgan fingerprint density at radius 2 is 1.50 bits per heavy atom. The first-order chi connectivity index (χ1) is 13.4. The summed E-state index contributed by atoms with van der Waals surface area (Å²) in [5, 5.41) is 2.83. The summed E-state index contributed by atoms with van der Waals surface area (Å²) < 4.78 is 40.6. The van der Waals surface area contributed by atoms with Gasteiger partial charge in [0.1, 0.15) is 5.82 Å². The molecule has 0 spiro atoms. The van der Waals surface area contributed by atoms with Crippen LogP contribution in [0.2, 0.25) is 0 Å². The smallest absolute Gasteiger partial charge is 0.261 e. The normalized spacial score (nSPS) is 11.1. The summed E-state index contributed by atoms with van der Waals surface area (Å²) in [6.45, 7) is 1.98. The van der Waals surface area contributed by atoms with Crippen LogP contribution in [-0.2, 0) is 16.4 Å². The second-order valence-corrected chi connectivity index (χ2v) is 7.75. The fourth-order valence-electron chi connectivity index (χ4n) is 2.73. The van der Waals surface area contributed by atoms with Gasteiger partial charge >= 0.3 is 0 Å². The highest BCUT2D eigenvalue weighted by molar-refractivity contribution is 7.92. The molecule has 0 heterocycles. The number of halogens is 1. The molecule has 3 rings (SSSR count). The summed E-state index contributed by atoms with van der Waals surface area (Å²) >= 11 is 0. The van der Waals surface area contributed by atoms with Gasteiger partial charge in [0.25, 0.3) is 15.9 Å². The number of carbonyl (C=O) groups is 1. The van der Waals surface area contributed by atoms with Crippen molar-refractivity contribution in [3.63, 3.8) is 0 Å². The highest BCUT2D eigenvalue weighted by Crippen LogP contribution is 2.23. The van der Waals surface area contributed by atoms with Crippen LogP contribution in [0.3, 0.4) is 0 Å². The second kappa shape index (κ2) is 8.22. The monoisotopic (exact) mass is 398 g/mol.